The third-order valence-electron chi connectivity index (χ3n) is 3.75. The highest BCUT2D eigenvalue weighted by molar-refractivity contribution is 5.63. The molecule has 1 heterocycles. The normalized spacial score (nSPS) is 11.5. The van der Waals surface area contributed by atoms with Gasteiger partial charge in [0.1, 0.15) is 12.1 Å². The molecule has 3 aromatic rings. The Hall–Kier alpha value is -3.60. The van der Waals surface area contributed by atoms with E-state index in [2.05, 4.69) is 20.2 Å². The minimum Gasteiger partial charge on any atom is -0.464 e. The Balaban J connectivity index is 1.69. The summed E-state index contributed by atoms with van der Waals surface area (Å²) in [6.07, 6.45) is -4.43. The molecular formula is C18H16F3N5O3. The Morgan fingerprint density at radius 2 is 1.83 bits per heavy atom. The number of alkyl halides is 3. The Bertz CT molecular complexity index is 972. The van der Waals surface area contributed by atoms with E-state index in [-0.39, 0.29) is 5.75 Å². The maximum atomic E-state index is 12.2. The first-order chi connectivity index (χ1) is 13.7. The first kappa shape index (κ1) is 20.1. The highest BCUT2D eigenvalue weighted by atomic mass is 19.4. The van der Waals surface area contributed by atoms with Crippen LogP contribution in [-0.2, 0) is 6.54 Å². The lowest BCUT2D eigenvalue weighted by atomic mass is 10.1. The molecule has 0 aliphatic carbocycles. The molecule has 0 saturated heterocycles. The smallest absolute Gasteiger partial charge is 0.464 e. The lowest BCUT2D eigenvalue weighted by molar-refractivity contribution is -0.274. The molecule has 8 nitrogen and oxygen atoms in total. The molecule has 0 atom stereocenters. The highest BCUT2D eigenvalue weighted by Crippen LogP contribution is 2.24. The van der Waals surface area contributed by atoms with Crippen LogP contribution in [0.4, 0.5) is 18.0 Å². The SMILES string of the molecule is CN(Cc1ccc(-c2ncn(-c3ccc(OC(F)(F)F)cc3)n2)cc1)NC(=O)O. The van der Waals surface area contributed by atoms with E-state index in [0.29, 0.717) is 18.1 Å². The molecular weight excluding hydrogens is 391 g/mol. The first-order valence-corrected chi connectivity index (χ1v) is 8.27. The molecule has 0 saturated carbocycles. The Morgan fingerprint density at radius 3 is 2.41 bits per heavy atom. The number of hydrazine groups is 1. The average molecular weight is 407 g/mol. The maximum absolute atomic E-state index is 12.2. The Kier molecular flexibility index (Phi) is 5.69. The monoisotopic (exact) mass is 407 g/mol. The van der Waals surface area contributed by atoms with Crippen molar-refractivity contribution in [2.45, 2.75) is 12.9 Å². The molecule has 0 bridgehead atoms. The van der Waals surface area contributed by atoms with Crippen molar-refractivity contribution in [1.82, 2.24) is 25.2 Å². The molecule has 2 N–H and O–H groups in total. The molecule has 0 spiro atoms. The van der Waals surface area contributed by atoms with Crippen LogP contribution in [0.1, 0.15) is 5.56 Å². The quantitative estimate of drug-likeness (QED) is 0.608. The van der Waals surface area contributed by atoms with Crippen LogP contribution < -0.4 is 10.2 Å². The van der Waals surface area contributed by atoms with Crippen LogP contribution in [-0.4, -0.2) is 44.4 Å². The van der Waals surface area contributed by atoms with Gasteiger partial charge in [-0.2, -0.15) is 0 Å². The van der Waals surface area contributed by atoms with Gasteiger partial charge >= 0.3 is 12.5 Å². The summed E-state index contributed by atoms with van der Waals surface area (Å²) < 4.78 is 42.0. The molecule has 0 fully saturated rings. The fraction of sp³-hybridized carbons (Fsp3) is 0.167. The van der Waals surface area contributed by atoms with Crippen LogP contribution in [0.5, 0.6) is 5.75 Å². The van der Waals surface area contributed by atoms with E-state index in [0.717, 1.165) is 11.1 Å². The summed E-state index contributed by atoms with van der Waals surface area (Å²) >= 11 is 0. The Morgan fingerprint density at radius 1 is 1.17 bits per heavy atom. The number of halogens is 3. The number of carbonyl (C=O) groups is 1. The zero-order valence-corrected chi connectivity index (χ0v) is 15.1. The zero-order valence-electron chi connectivity index (χ0n) is 15.1. The lowest BCUT2D eigenvalue weighted by Crippen LogP contribution is -2.37. The van der Waals surface area contributed by atoms with E-state index in [9.17, 15) is 18.0 Å². The largest absolute Gasteiger partial charge is 0.573 e. The predicted molar refractivity (Wildman–Crippen MR) is 96.1 cm³/mol. The number of aromatic nitrogens is 3. The third kappa shape index (κ3) is 5.69. The van der Waals surface area contributed by atoms with Gasteiger partial charge in [-0.25, -0.2) is 19.5 Å². The number of ether oxygens (including phenoxy) is 1. The van der Waals surface area contributed by atoms with Gasteiger partial charge in [0.15, 0.2) is 5.82 Å². The van der Waals surface area contributed by atoms with Crippen molar-refractivity contribution in [1.29, 1.82) is 0 Å². The zero-order chi connectivity index (χ0) is 21.0. The predicted octanol–water partition coefficient (Wildman–Crippen LogP) is 3.45. The summed E-state index contributed by atoms with van der Waals surface area (Å²) in [5, 5.41) is 14.4. The van der Waals surface area contributed by atoms with Gasteiger partial charge in [0, 0.05) is 19.2 Å². The highest BCUT2D eigenvalue weighted by Gasteiger charge is 2.31. The van der Waals surface area contributed by atoms with Gasteiger partial charge in [-0.05, 0) is 29.8 Å². The summed E-state index contributed by atoms with van der Waals surface area (Å²) in [5.74, 6) is 0.115. The van der Waals surface area contributed by atoms with Crippen molar-refractivity contribution >= 4 is 6.09 Å². The second-order valence-electron chi connectivity index (χ2n) is 6.02. The summed E-state index contributed by atoms with van der Waals surface area (Å²) in [5.41, 5.74) is 4.36. The number of hydrogen-bond acceptors (Lipinski definition) is 5. The molecule has 0 unspecified atom stereocenters. The second-order valence-corrected chi connectivity index (χ2v) is 6.02. The van der Waals surface area contributed by atoms with Crippen LogP contribution in [0.2, 0.25) is 0 Å². The van der Waals surface area contributed by atoms with Gasteiger partial charge in [0.25, 0.3) is 0 Å². The number of carboxylic acid groups (broad SMARTS) is 1. The number of rotatable bonds is 6. The van der Waals surface area contributed by atoms with E-state index in [4.69, 9.17) is 5.11 Å². The lowest BCUT2D eigenvalue weighted by Gasteiger charge is -2.15. The minimum atomic E-state index is -4.74. The third-order valence-corrected chi connectivity index (χ3v) is 3.75. The van der Waals surface area contributed by atoms with Crippen molar-refractivity contribution in [2.75, 3.05) is 7.05 Å². The molecule has 152 valence electrons. The molecule has 11 heteroatoms. The van der Waals surface area contributed by atoms with Gasteiger partial charge in [-0.3, -0.25) is 5.43 Å². The molecule has 1 amide bonds. The Labute approximate surface area is 163 Å². The van der Waals surface area contributed by atoms with Gasteiger partial charge in [0.2, 0.25) is 0 Å². The number of hydrogen-bond donors (Lipinski definition) is 2. The van der Waals surface area contributed by atoms with Crippen LogP contribution in [0.15, 0.2) is 54.9 Å². The van der Waals surface area contributed by atoms with E-state index >= 15 is 0 Å². The van der Waals surface area contributed by atoms with Crippen molar-refractivity contribution in [3.05, 3.63) is 60.4 Å². The average Bonchev–Trinajstić information content (AvgIpc) is 3.11. The topological polar surface area (TPSA) is 92.5 Å². The van der Waals surface area contributed by atoms with E-state index in [1.54, 1.807) is 19.2 Å². The van der Waals surface area contributed by atoms with E-state index in [1.165, 1.54) is 40.3 Å². The molecule has 1 aromatic heterocycles. The fourth-order valence-corrected chi connectivity index (χ4v) is 2.56. The van der Waals surface area contributed by atoms with Gasteiger partial charge in [-0.1, -0.05) is 24.3 Å². The number of nitrogens with one attached hydrogen (secondary N) is 1. The van der Waals surface area contributed by atoms with Crippen molar-refractivity contribution in [3.8, 4) is 22.8 Å². The van der Waals surface area contributed by atoms with E-state index in [1.807, 2.05) is 12.1 Å². The van der Waals surface area contributed by atoms with Gasteiger partial charge in [-0.15, -0.1) is 18.3 Å². The van der Waals surface area contributed by atoms with Gasteiger partial charge < -0.3 is 9.84 Å². The molecule has 2 aromatic carbocycles. The van der Waals surface area contributed by atoms with Crippen molar-refractivity contribution in [3.63, 3.8) is 0 Å². The number of amides is 1. The van der Waals surface area contributed by atoms with Crippen LogP contribution >= 0.6 is 0 Å². The summed E-state index contributed by atoms with van der Waals surface area (Å²) in [4.78, 5) is 14.8. The van der Waals surface area contributed by atoms with Crippen molar-refractivity contribution < 1.29 is 27.8 Å². The standard InChI is InChI=1S/C18H16F3N5O3/c1-25(24-17(27)28)10-12-2-4-13(5-3-12)16-22-11-26(23-16)14-6-8-15(9-7-14)29-18(19,20)21/h2-9,11,24H,10H2,1H3,(H,27,28). The molecule has 0 radical (unpaired) electrons. The van der Waals surface area contributed by atoms with Gasteiger partial charge in [0.05, 0.1) is 5.69 Å². The molecule has 29 heavy (non-hydrogen) atoms. The van der Waals surface area contributed by atoms with Crippen LogP contribution in [0.25, 0.3) is 17.1 Å². The summed E-state index contributed by atoms with van der Waals surface area (Å²) in [7, 11) is 1.61. The van der Waals surface area contributed by atoms with Crippen LogP contribution in [0.3, 0.4) is 0 Å². The van der Waals surface area contributed by atoms with Crippen molar-refractivity contribution in [2.24, 2.45) is 0 Å². The molecule has 0 aliphatic rings. The maximum Gasteiger partial charge on any atom is 0.573 e. The summed E-state index contributed by atoms with van der Waals surface area (Å²) in [6.45, 7) is 0.376. The minimum absolute atomic E-state index is 0.320. The second kappa shape index (κ2) is 8.19. The summed E-state index contributed by atoms with van der Waals surface area (Å²) in [6, 6.07) is 12.5. The number of nitrogens with zero attached hydrogens (tertiary/aromatic N) is 4. The van der Waals surface area contributed by atoms with E-state index < -0.39 is 12.5 Å². The number of benzene rings is 2. The molecule has 3 rings (SSSR count). The first-order valence-electron chi connectivity index (χ1n) is 8.27. The van der Waals surface area contributed by atoms with Crippen LogP contribution in [0, 0.1) is 0 Å². The fourth-order valence-electron chi connectivity index (χ4n) is 2.56. The molecule has 0 aliphatic heterocycles.